The summed E-state index contributed by atoms with van der Waals surface area (Å²) in [4.78, 5) is 0. The van der Waals surface area contributed by atoms with Crippen LogP contribution >= 0.6 is 11.3 Å². The predicted octanol–water partition coefficient (Wildman–Crippen LogP) is 3.95. The van der Waals surface area contributed by atoms with Gasteiger partial charge in [-0.25, -0.2) is 0 Å². The number of hydrogen-bond acceptors (Lipinski definition) is 2. The Morgan fingerprint density at radius 1 is 1.25 bits per heavy atom. The van der Waals surface area contributed by atoms with E-state index in [1.165, 1.54) is 18.4 Å². The van der Waals surface area contributed by atoms with E-state index in [1.54, 1.807) is 11.3 Å². The Labute approximate surface area is 104 Å². The molecule has 2 heteroatoms. The van der Waals surface area contributed by atoms with E-state index in [4.69, 9.17) is 0 Å². The van der Waals surface area contributed by atoms with Gasteiger partial charge in [0.2, 0.25) is 0 Å². The van der Waals surface area contributed by atoms with Crippen molar-refractivity contribution in [3.63, 3.8) is 0 Å². The Kier molecular flexibility index (Phi) is 6.07. The smallest absolute Gasteiger partial charge is 0.00104 e. The zero-order valence-corrected chi connectivity index (χ0v) is 11.8. The Morgan fingerprint density at radius 3 is 2.50 bits per heavy atom. The summed E-state index contributed by atoms with van der Waals surface area (Å²) in [5.41, 5.74) is 1.50. The maximum absolute atomic E-state index is 3.57. The van der Waals surface area contributed by atoms with Crippen molar-refractivity contribution in [1.29, 1.82) is 0 Å². The van der Waals surface area contributed by atoms with Gasteiger partial charge in [-0.2, -0.15) is 11.3 Å². The van der Waals surface area contributed by atoms with Crippen molar-refractivity contribution in [2.45, 2.75) is 46.6 Å². The molecule has 92 valence electrons. The van der Waals surface area contributed by atoms with E-state index in [9.17, 15) is 0 Å². The lowest BCUT2D eigenvalue weighted by molar-refractivity contribution is 0.373. The molecule has 0 aliphatic rings. The molecule has 1 rings (SSSR count). The molecule has 0 aliphatic carbocycles. The Balaban J connectivity index is 2.43. The zero-order valence-electron chi connectivity index (χ0n) is 11.0. The Bertz CT molecular complexity index is 264. The van der Waals surface area contributed by atoms with Gasteiger partial charge < -0.3 is 5.32 Å². The first-order chi connectivity index (χ1) is 7.58. The first kappa shape index (κ1) is 13.7. The van der Waals surface area contributed by atoms with E-state index in [0.717, 1.165) is 18.4 Å². The van der Waals surface area contributed by atoms with Crippen LogP contribution in [0, 0.1) is 11.8 Å². The van der Waals surface area contributed by atoms with Crippen molar-refractivity contribution in [2.24, 2.45) is 11.8 Å². The quantitative estimate of drug-likeness (QED) is 0.759. The first-order valence-corrected chi connectivity index (χ1v) is 7.26. The van der Waals surface area contributed by atoms with Crippen LogP contribution in [0.1, 0.15) is 39.7 Å². The average Bonchev–Trinajstić information content (AvgIpc) is 2.66. The van der Waals surface area contributed by atoms with E-state index in [2.05, 4.69) is 49.8 Å². The molecule has 0 aromatic carbocycles. The van der Waals surface area contributed by atoms with Gasteiger partial charge >= 0.3 is 0 Å². The Hall–Kier alpha value is -0.340. The van der Waals surface area contributed by atoms with E-state index in [0.29, 0.717) is 6.04 Å². The molecule has 0 amide bonds. The van der Waals surface area contributed by atoms with Gasteiger partial charge in [-0.15, -0.1) is 0 Å². The van der Waals surface area contributed by atoms with Crippen LogP contribution in [0.25, 0.3) is 0 Å². The maximum Gasteiger partial charge on any atom is 0.00104 e. The van der Waals surface area contributed by atoms with Crippen molar-refractivity contribution < 1.29 is 0 Å². The van der Waals surface area contributed by atoms with Gasteiger partial charge in [0.05, 0.1) is 0 Å². The highest BCUT2D eigenvalue weighted by atomic mass is 32.1. The fourth-order valence-corrected chi connectivity index (χ4v) is 2.73. The molecule has 1 N–H and O–H groups in total. The molecule has 1 heterocycles. The largest absolute Gasteiger partial charge is 0.314 e. The second kappa shape index (κ2) is 7.08. The fourth-order valence-electron chi connectivity index (χ4n) is 2.05. The molecule has 0 saturated carbocycles. The lowest BCUT2D eigenvalue weighted by Gasteiger charge is -2.20. The lowest BCUT2D eigenvalue weighted by atomic mass is 9.91. The monoisotopic (exact) mass is 239 g/mol. The SMILES string of the molecule is CC(C)CC(CNC(C)C)Cc1ccsc1. The molecule has 1 aromatic rings. The van der Waals surface area contributed by atoms with E-state index in [1.807, 2.05) is 0 Å². The number of hydrogen-bond donors (Lipinski definition) is 1. The standard InChI is InChI=1S/C14H25NS/c1-11(2)7-14(9-15-12(3)4)8-13-5-6-16-10-13/h5-6,10-12,14-15H,7-9H2,1-4H3. The second-order valence-corrected chi connectivity index (χ2v) is 6.17. The molecule has 0 bridgehead atoms. The van der Waals surface area contributed by atoms with Crippen molar-refractivity contribution in [3.8, 4) is 0 Å². The first-order valence-electron chi connectivity index (χ1n) is 6.32. The molecule has 0 saturated heterocycles. The van der Waals surface area contributed by atoms with Crippen LogP contribution in [0.3, 0.4) is 0 Å². The summed E-state index contributed by atoms with van der Waals surface area (Å²) >= 11 is 1.80. The van der Waals surface area contributed by atoms with Crippen molar-refractivity contribution in [2.75, 3.05) is 6.54 Å². The Morgan fingerprint density at radius 2 is 2.00 bits per heavy atom. The van der Waals surface area contributed by atoms with Crippen LogP contribution in [0.4, 0.5) is 0 Å². The molecule has 0 fully saturated rings. The molecule has 0 radical (unpaired) electrons. The minimum absolute atomic E-state index is 0.595. The summed E-state index contributed by atoms with van der Waals surface area (Å²) < 4.78 is 0. The molecule has 0 spiro atoms. The van der Waals surface area contributed by atoms with Crippen LogP contribution in [0.15, 0.2) is 16.8 Å². The van der Waals surface area contributed by atoms with Crippen LogP contribution in [0.5, 0.6) is 0 Å². The summed E-state index contributed by atoms with van der Waals surface area (Å²) in [6.45, 7) is 10.2. The highest BCUT2D eigenvalue weighted by molar-refractivity contribution is 7.07. The van der Waals surface area contributed by atoms with Crippen LogP contribution in [0.2, 0.25) is 0 Å². The van der Waals surface area contributed by atoms with Gasteiger partial charge in [-0.05, 0) is 53.6 Å². The summed E-state index contributed by atoms with van der Waals surface area (Å²) in [6, 6.07) is 2.85. The molecule has 16 heavy (non-hydrogen) atoms. The number of thiophene rings is 1. The summed E-state index contributed by atoms with van der Waals surface area (Å²) in [6.07, 6.45) is 2.54. The summed E-state index contributed by atoms with van der Waals surface area (Å²) in [7, 11) is 0. The summed E-state index contributed by atoms with van der Waals surface area (Å²) in [5, 5.41) is 8.03. The normalized spacial score (nSPS) is 13.6. The van der Waals surface area contributed by atoms with Gasteiger partial charge in [0.25, 0.3) is 0 Å². The zero-order chi connectivity index (χ0) is 12.0. The van der Waals surface area contributed by atoms with E-state index in [-0.39, 0.29) is 0 Å². The van der Waals surface area contributed by atoms with Crippen molar-refractivity contribution in [3.05, 3.63) is 22.4 Å². The highest BCUT2D eigenvalue weighted by Gasteiger charge is 2.12. The molecule has 1 unspecified atom stereocenters. The number of nitrogens with one attached hydrogen (secondary N) is 1. The van der Waals surface area contributed by atoms with Crippen molar-refractivity contribution >= 4 is 11.3 Å². The van der Waals surface area contributed by atoms with Crippen LogP contribution in [-0.2, 0) is 6.42 Å². The topological polar surface area (TPSA) is 12.0 Å². The van der Waals surface area contributed by atoms with Gasteiger partial charge in [-0.3, -0.25) is 0 Å². The molecule has 1 nitrogen and oxygen atoms in total. The minimum Gasteiger partial charge on any atom is -0.314 e. The predicted molar refractivity (Wildman–Crippen MR) is 74.1 cm³/mol. The van der Waals surface area contributed by atoms with Crippen LogP contribution in [-0.4, -0.2) is 12.6 Å². The maximum atomic E-state index is 3.57. The molecule has 1 atom stereocenters. The third-order valence-corrected chi connectivity index (χ3v) is 3.46. The molecule has 0 aliphatic heterocycles. The molecular weight excluding hydrogens is 214 g/mol. The second-order valence-electron chi connectivity index (χ2n) is 5.39. The van der Waals surface area contributed by atoms with Gasteiger partial charge in [-0.1, -0.05) is 27.7 Å². The van der Waals surface area contributed by atoms with E-state index < -0.39 is 0 Å². The third kappa shape index (κ3) is 5.66. The van der Waals surface area contributed by atoms with Gasteiger partial charge in [0, 0.05) is 6.04 Å². The highest BCUT2D eigenvalue weighted by Crippen LogP contribution is 2.18. The molecule has 1 aromatic heterocycles. The fraction of sp³-hybridized carbons (Fsp3) is 0.714. The minimum atomic E-state index is 0.595. The van der Waals surface area contributed by atoms with Crippen molar-refractivity contribution in [1.82, 2.24) is 5.32 Å². The number of rotatable bonds is 7. The van der Waals surface area contributed by atoms with E-state index >= 15 is 0 Å². The van der Waals surface area contributed by atoms with Gasteiger partial charge in [0.15, 0.2) is 0 Å². The molecular formula is C14H25NS. The van der Waals surface area contributed by atoms with Gasteiger partial charge in [0.1, 0.15) is 0 Å². The summed E-state index contributed by atoms with van der Waals surface area (Å²) in [5.74, 6) is 1.56. The third-order valence-electron chi connectivity index (χ3n) is 2.72. The average molecular weight is 239 g/mol. The van der Waals surface area contributed by atoms with Crippen LogP contribution < -0.4 is 5.32 Å². The lowest BCUT2D eigenvalue weighted by Crippen LogP contribution is -2.30.